The van der Waals surface area contributed by atoms with Gasteiger partial charge in [-0.2, -0.15) is 10.2 Å². The molecule has 0 unspecified atom stereocenters. The van der Waals surface area contributed by atoms with Crippen molar-refractivity contribution in [3.63, 3.8) is 0 Å². The summed E-state index contributed by atoms with van der Waals surface area (Å²) in [4.78, 5) is 0. The average molecular weight is 343 g/mol. The second-order valence-corrected chi connectivity index (χ2v) is 5.49. The second kappa shape index (κ2) is 7.70. The van der Waals surface area contributed by atoms with Crippen LogP contribution in [-0.2, 0) is 13.6 Å². The van der Waals surface area contributed by atoms with Crippen molar-refractivity contribution in [1.29, 1.82) is 0 Å². The van der Waals surface area contributed by atoms with Crippen molar-refractivity contribution in [1.82, 2.24) is 9.78 Å². The lowest BCUT2D eigenvalue weighted by Gasteiger charge is -2.03. The average Bonchev–Trinajstić information content (AvgIpc) is 2.86. The van der Waals surface area contributed by atoms with Gasteiger partial charge in [0.2, 0.25) is 0 Å². The molecule has 0 atom stereocenters. The van der Waals surface area contributed by atoms with E-state index >= 15 is 0 Å². The normalized spacial score (nSPS) is 10.8. The highest BCUT2D eigenvalue weighted by Gasteiger charge is 2.08. The Hall–Kier alpha value is -2.73. The summed E-state index contributed by atoms with van der Waals surface area (Å²) in [5.74, 6) is 0.507. The van der Waals surface area contributed by atoms with Crippen molar-refractivity contribution >= 4 is 17.2 Å². The zero-order valence-corrected chi connectivity index (χ0v) is 14.4. The number of pyridine rings is 1. The van der Waals surface area contributed by atoms with E-state index in [4.69, 9.17) is 5.73 Å². The number of halogens is 1. The molecule has 0 spiro atoms. The summed E-state index contributed by atoms with van der Waals surface area (Å²) in [5.41, 5.74) is 9.76. The van der Waals surface area contributed by atoms with Crippen LogP contribution in [0.5, 0.6) is 0 Å². The fourth-order valence-corrected chi connectivity index (χ4v) is 2.31. The maximum Gasteiger partial charge on any atom is 0.173 e. The van der Waals surface area contributed by atoms with Crippen LogP contribution >= 0.6 is 0 Å². The quantitative estimate of drug-likeness (QED) is 0.538. The van der Waals surface area contributed by atoms with Gasteiger partial charge in [-0.3, -0.25) is 0 Å². The molecule has 0 fully saturated rings. The first kappa shape index (κ1) is 17.6. The van der Waals surface area contributed by atoms with Gasteiger partial charge in [-0.15, -0.1) is 5.11 Å². The highest BCUT2D eigenvalue weighted by molar-refractivity contribution is 5.56. The van der Waals surface area contributed by atoms with Crippen LogP contribution in [0.15, 0.2) is 65.2 Å². The van der Waals surface area contributed by atoms with E-state index in [0.717, 1.165) is 16.8 Å². The van der Waals surface area contributed by atoms with Gasteiger partial charge in [0.1, 0.15) is 18.6 Å². The number of benzene rings is 1. The van der Waals surface area contributed by atoms with Gasteiger partial charge in [0.15, 0.2) is 12.4 Å². The lowest BCUT2D eigenvalue weighted by molar-refractivity contribution is -0.671. The molecule has 2 aromatic heterocycles. The van der Waals surface area contributed by atoms with E-state index < -0.39 is 0 Å². The fourth-order valence-electron chi connectivity index (χ4n) is 2.31. The van der Waals surface area contributed by atoms with Crippen molar-refractivity contribution in [2.24, 2.45) is 17.3 Å². The fraction of sp³-hybridized carbons (Fsp3) is 0.176. The van der Waals surface area contributed by atoms with Crippen LogP contribution in [0.4, 0.5) is 17.2 Å². The zero-order chi connectivity index (χ0) is 16.2. The van der Waals surface area contributed by atoms with Crippen LogP contribution in [0.2, 0.25) is 0 Å². The van der Waals surface area contributed by atoms with E-state index in [0.29, 0.717) is 18.1 Å². The van der Waals surface area contributed by atoms with Gasteiger partial charge < -0.3 is 18.1 Å². The van der Waals surface area contributed by atoms with Gasteiger partial charge in [-0.25, -0.2) is 9.25 Å². The monoisotopic (exact) mass is 342 g/mol. The smallest absolute Gasteiger partial charge is 0.173 e. The maximum absolute atomic E-state index is 6.12. The van der Waals surface area contributed by atoms with Gasteiger partial charge in [-0.1, -0.05) is 12.1 Å². The van der Waals surface area contributed by atoms with E-state index in [1.54, 1.807) is 10.9 Å². The molecule has 7 heteroatoms. The van der Waals surface area contributed by atoms with E-state index in [1.807, 2.05) is 67.3 Å². The Balaban J connectivity index is 0.00000208. The third kappa shape index (κ3) is 4.17. The van der Waals surface area contributed by atoms with Gasteiger partial charge in [0.05, 0.1) is 18.4 Å². The molecule has 0 aliphatic rings. The third-order valence-corrected chi connectivity index (χ3v) is 3.47. The molecular weight excluding hydrogens is 324 g/mol. The van der Waals surface area contributed by atoms with Crippen molar-refractivity contribution in [3.05, 3.63) is 66.1 Å². The molecule has 3 aromatic rings. The minimum Gasteiger partial charge on any atom is -1.00 e. The standard InChI is InChI=1S/C17H19N6.ClH/c1-13-5-3-7-15(9-13)20-21-16-10-19-23(17(16)18)12-14-6-4-8-22(2)11-14;/h3-11H,12,18H2,1-2H3;1H/q+1;/p-1. The highest BCUT2D eigenvalue weighted by Crippen LogP contribution is 2.24. The summed E-state index contributed by atoms with van der Waals surface area (Å²) in [6.45, 7) is 2.62. The molecule has 0 saturated carbocycles. The van der Waals surface area contributed by atoms with Crippen molar-refractivity contribution < 1.29 is 17.0 Å². The van der Waals surface area contributed by atoms with Gasteiger partial charge in [0, 0.05) is 11.6 Å². The molecule has 0 saturated heterocycles. The van der Waals surface area contributed by atoms with Crippen molar-refractivity contribution in [2.75, 3.05) is 5.73 Å². The molecule has 6 nitrogen and oxygen atoms in total. The maximum atomic E-state index is 6.12. The molecule has 24 heavy (non-hydrogen) atoms. The van der Waals surface area contributed by atoms with E-state index in [9.17, 15) is 0 Å². The molecule has 1 aromatic carbocycles. The van der Waals surface area contributed by atoms with Crippen molar-refractivity contribution in [3.8, 4) is 0 Å². The Morgan fingerprint density at radius 1 is 1.21 bits per heavy atom. The SMILES string of the molecule is Cc1cccc(N=Nc2cnn(Cc3ccc[n+](C)c3)c2N)c1.[Cl-]. The third-order valence-electron chi connectivity index (χ3n) is 3.47. The highest BCUT2D eigenvalue weighted by atomic mass is 35.5. The number of nitrogens with zero attached hydrogens (tertiary/aromatic N) is 5. The van der Waals surface area contributed by atoms with E-state index in [1.165, 1.54) is 0 Å². The summed E-state index contributed by atoms with van der Waals surface area (Å²) in [7, 11) is 1.98. The summed E-state index contributed by atoms with van der Waals surface area (Å²) in [6, 6.07) is 11.9. The Labute approximate surface area is 147 Å². The number of aryl methyl sites for hydroxylation is 2. The van der Waals surface area contributed by atoms with Crippen LogP contribution in [0.1, 0.15) is 11.1 Å². The zero-order valence-electron chi connectivity index (χ0n) is 13.6. The van der Waals surface area contributed by atoms with Gasteiger partial charge >= 0.3 is 0 Å². The Kier molecular flexibility index (Phi) is 5.65. The van der Waals surface area contributed by atoms with Crippen LogP contribution in [0.3, 0.4) is 0 Å². The van der Waals surface area contributed by atoms with Crippen LogP contribution < -0.4 is 22.7 Å². The minimum absolute atomic E-state index is 0. The lowest BCUT2D eigenvalue weighted by atomic mass is 10.2. The molecule has 3 rings (SSSR count). The first-order valence-corrected chi connectivity index (χ1v) is 7.36. The van der Waals surface area contributed by atoms with Crippen molar-refractivity contribution in [2.45, 2.75) is 13.5 Å². The summed E-state index contributed by atoms with van der Waals surface area (Å²) >= 11 is 0. The molecule has 0 radical (unpaired) electrons. The van der Waals surface area contributed by atoms with Crippen LogP contribution in [-0.4, -0.2) is 9.78 Å². The van der Waals surface area contributed by atoms with Gasteiger partial charge in [0.25, 0.3) is 0 Å². The summed E-state index contributed by atoms with van der Waals surface area (Å²) in [6.07, 6.45) is 5.66. The predicted octanol–water partition coefficient (Wildman–Crippen LogP) is 0.0659. The van der Waals surface area contributed by atoms with Crippen LogP contribution in [0, 0.1) is 6.92 Å². The largest absolute Gasteiger partial charge is 1.00 e. The molecular formula is C17H19ClN6. The molecule has 0 bridgehead atoms. The first-order chi connectivity index (χ1) is 11.1. The first-order valence-electron chi connectivity index (χ1n) is 7.36. The van der Waals surface area contributed by atoms with E-state index in [2.05, 4.69) is 15.3 Å². The molecule has 124 valence electrons. The number of anilines is 1. The van der Waals surface area contributed by atoms with Crippen LogP contribution in [0.25, 0.3) is 0 Å². The molecule has 2 heterocycles. The Bertz CT molecular complexity index is 856. The molecule has 0 aliphatic heterocycles. The number of azo groups is 1. The molecule has 2 N–H and O–H groups in total. The van der Waals surface area contributed by atoms with E-state index in [-0.39, 0.29) is 12.4 Å². The molecule has 0 amide bonds. The summed E-state index contributed by atoms with van der Waals surface area (Å²) in [5, 5.41) is 12.7. The number of hydrogen-bond donors (Lipinski definition) is 1. The number of nitrogen functional groups attached to an aromatic ring is 1. The molecule has 0 aliphatic carbocycles. The second-order valence-electron chi connectivity index (χ2n) is 5.49. The Morgan fingerprint density at radius 3 is 2.79 bits per heavy atom. The lowest BCUT2D eigenvalue weighted by Crippen LogP contribution is -3.00. The number of nitrogens with two attached hydrogens (primary N) is 1. The number of rotatable bonds is 4. The minimum atomic E-state index is 0. The predicted molar refractivity (Wildman–Crippen MR) is 88.7 cm³/mol. The number of hydrogen-bond acceptors (Lipinski definition) is 4. The summed E-state index contributed by atoms with van der Waals surface area (Å²) < 4.78 is 3.72. The van der Waals surface area contributed by atoms with Gasteiger partial charge in [-0.05, 0) is 30.7 Å². The topological polar surface area (TPSA) is 72.4 Å². The number of aromatic nitrogens is 3. The Morgan fingerprint density at radius 2 is 2.04 bits per heavy atom.